The Labute approximate surface area is 113 Å². The monoisotopic (exact) mass is 253 g/mol. The molecule has 0 saturated heterocycles. The van der Waals surface area contributed by atoms with E-state index in [-0.39, 0.29) is 5.60 Å². The number of rotatable bonds is 0. The molecule has 0 amide bonds. The van der Waals surface area contributed by atoms with Crippen LogP contribution in [0.25, 0.3) is 6.08 Å². The zero-order valence-corrected chi connectivity index (χ0v) is 11.1. The van der Waals surface area contributed by atoms with Gasteiger partial charge in [0.15, 0.2) is 0 Å². The zero-order valence-electron chi connectivity index (χ0n) is 11.1. The smallest absolute Gasteiger partial charge is 0.221 e. The van der Waals surface area contributed by atoms with E-state index in [1.54, 1.807) is 0 Å². The van der Waals surface area contributed by atoms with Gasteiger partial charge in [-0.15, -0.1) is 0 Å². The first-order valence-corrected chi connectivity index (χ1v) is 7.67. The molecule has 1 spiro atoms. The van der Waals surface area contributed by atoms with Crippen LogP contribution in [0.5, 0.6) is 5.88 Å². The molecule has 98 valence electrons. The minimum absolute atomic E-state index is 0.0191. The molecule has 0 N–H and O–H groups in total. The third kappa shape index (κ3) is 1.30. The van der Waals surface area contributed by atoms with E-state index in [2.05, 4.69) is 23.2 Å². The van der Waals surface area contributed by atoms with Crippen molar-refractivity contribution < 1.29 is 4.74 Å². The van der Waals surface area contributed by atoms with Crippen LogP contribution in [0.2, 0.25) is 0 Å². The van der Waals surface area contributed by atoms with E-state index in [9.17, 15) is 0 Å². The summed E-state index contributed by atoms with van der Waals surface area (Å²) in [5.74, 6) is 4.29. The molecule has 6 rings (SSSR count). The van der Waals surface area contributed by atoms with Crippen LogP contribution in [0.1, 0.15) is 37.7 Å². The molecule has 0 aromatic carbocycles. The average Bonchev–Trinajstić information content (AvgIpc) is 2.44. The highest BCUT2D eigenvalue weighted by molar-refractivity contribution is 5.59. The van der Waals surface area contributed by atoms with E-state index >= 15 is 0 Å². The van der Waals surface area contributed by atoms with Crippen LogP contribution in [0, 0.1) is 23.7 Å². The predicted octanol–water partition coefficient (Wildman–Crippen LogP) is 3.68. The lowest BCUT2D eigenvalue weighted by Gasteiger charge is -2.60. The lowest BCUT2D eigenvalue weighted by Crippen LogP contribution is -2.60. The number of aromatic nitrogens is 1. The molecule has 4 saturated carbocycles. The summed E-state index contributed by atoms with van der Waals surface area (Å²) in [7, 11) is 0. The second kappa shape index (κ2) is 3.41. The van der Waals surface area contributed by atoms with Gasteiger partial charge in [-0.3, -0.25) is 0 Å². The van der Waals surface area contributed by atoms with Crippen LogP contribution in [0.15, 0.2) is 24.4 Å². The van der Waals surface area contributed by atoms with Crippen molar-refractivity contribution in [2.75, 3.05) is 0 Å². The van der Waals surface area contributed by atoms with Crippen molar-refractivity contribution in [3.63, 3.8) is 0 Å². The third-order valence-electron chi connectivity index (χ3n) is 6.01. The van der Waals surface area contributed by atoms with Crippen LogP contribution < -0.4 is 4.74 Å². The topological polar surface area (TPSA) is 22.1 Å². The minimum atomic E-state index is -0.0191. The first-order valence-electron chi connectivity index (χ1n) is 7.67. The maximum atomic E-state index is 6.50. The van der Waals surface area contributed by atoms with Crippen LogP contribution in [-0.4, -0.2) is 10.6 Å². The molecule has 4 fully saturated rings. The van der Waals surface area contributed by atoms with E-state index < -0.39 is 0 Å². The molecular formula is C17H19NO. The van der Waals surface area contributed by atoms with Crippen molar-refractivity contribution >= 4 is 6.08 Å². The van der Waals surface area contributed by atoms with Gasteiger partial charge in [0.1, 0.15) is 5.60 Å². The maximum Gasteiger partial charge on any atom is 0.221 e. The average molecular weight is 253 g/mol. The van der Waals surface area contributed by atoms with E-state index in [4.69, 9.17) is 4.74 Å². The van der Waals surface area contributed by atoms with E-state index in [1.165, 1.54) is 32.1 Å². The maximum absolute atomic E-state index is 6.50. The summed E-state index contributed by atoms with van der Waals surface area (Å²) >= 11 is 0. The second-order valence-corrected chi connectivity index (χ2v) is 6.99. The normalized spacial score (nSPS) is 45.3. The van der Waals surface area contributed by atoms with Crippen LogP contribution in [0.4, 0.5) is 0 Å². The molecule has 0 atom stereocenters. The van der Waals surface area contributed by atoms with Gasteiger partial charge in [0.2, 0.25) is 5.88 Å². The summed E-state index contributed by atoms with van der Waals surface area (Å²) in [5, 5.41) is 0. The summed E-state index contributed by atoms with van der Waals surface area (Å²) < 4.78 is 6.50. The standard InChI is InChI=1S/C17H19NO/c1-2-13-3-4-17(19-16(13)18-5-1)14-7-11-6-12(9-14)10-15(17)8-11/h1-5,11-12,14-15H,6-10H2. The van der Waals surface area contributed by atoms with Gasteiger partial charge in [-0.25, -0.2) is 4.98 Å². The highest BCUT2D eigenvalue weighted by Crippen LogP contribution is 2.60. The van der Waals surface area contributed by atoms with Crippen molar-refractivity contribution in [1.29, 1.82) is 0 Å². The first-order chi connectivity index (χ1) is 9.33. The molecule has 4 bridgehead atoms. The predicted molar refractivity (Wildman–Crippen MR) is 73.7 cm³/mol. The Balaban J connectivity index is 1.60. The van der Waals surface area contributed by atoms with Gasteiger partial charge in [0, 0.05) is 23.6 Å². The molecule has 0 unspecified atom stereocenters. The molecule has 1 aliphatic heterocycles. The van der Waals surface area contributed by atoms with Crippen molar-refractivity contribution in [1.82, 2.24) is 4.98 Å². The Morgan fingerprint density at radius 1 is 1.05 bits per heavy atom. The Morgan fingerprint density at radius 3 is 2.53 bits per heavy atom. The SMILES string of the molecule is C1=CC2(Oc3ncccc31)C1CC3CC(C1)CC2C3. The molecule has 19 heavy (non-hydrogen) atoms. The Kier molecular flexibility index (Phi) is 1.88. The molecule has 1 aromatic heterocycles. The summed E-state index contributed by atoms with van der Waals surface area (Å²) in [6.45, 7) is 0. The van der Waals surface area contributed by atoms with E-state index in [0.29, 0.717) is 0 Å². The zero-order chi connectivity index (χ0) is 12.4. The van der Waals surface area contributed by atoms with Crippen molar-refractivity contribution in [2.24, 2.45) is 23.7 Å². The van der Waals surface area contributed by atoms with E-state index in [1.807, 2.05) is 12.3 Å². The molecule has 2 heteroatoms. The Hall–Kier alpha value is -1.31. The Morgan fingerprint density at radius 2 is 1.79 bits per heavy atom. The van der Waals surface area contributed by atoms with Gasteiger partial charge in [-0.2, -0.15) is 0 Å². The quantitative estimate of drug-likeness (QED) is 0.703. The van der Waals surface area contributed by atoms with Crippen LogP contribution in [0.3, 0.4) is 0 Å². The highest BCUT2D eigenvalue weighted by atomic mass is 16.5. The minimum Gasteiger partial charge on any atom is -0.466 e. The van der Waals surface area contributed by atoms with Crippen LogP contribution >= 0.6 is 0 Å². The molecule has 5 aliphatic rings. The fraction of sp³-hybridized carbons (Fsp3) is 0.588. The van der Waals surface area contributed by atoms with Gasteiger partial charge in [-0.05, 0) is 68.2 Å². The highest BCUT2D eigenvalue weighted by Gasteiger charge is 2.58. The molecule has 4 aliphatic carbocycles. The lowest BCUT2D eigenvalue weighted by molar-refractivity contribution is -0.130. The molecule has 2 nitrogen and oxygen atoms in total. The molecular weight excluding hydrogens is 234 g/mol. The number of nitrogens with zero attached hydrogens (tertiary/aromatic N) is 1. The molecule has 1 aromatic rings. The number of hydrogen-bond acceptors (Lipinski definition) is 2. The van der Waals surface area contributed by atoms with Crippen molar-refractivity contribution in [3.05, 3.63) is 30.0 Å². The van der Waals surface area contributed by atoms with Crippen molar-refractivity contribution in [2.45, 2.75) is 37.7 Å². The number of fused-ring (bicyclic) bond motifs is 1. The number of hydrogen-bond donors (Lipinski definition) is 0. The molecule has 0 radical (unpaired) electrons. The van der Waals surface area contributed by atoms with Gasteiger partial charge in [0.05, 0.1) is 0 Å². The first kappa shape index (κ1) is 10.5. The van der Waals surface area contributed by atoms with Gasteiger partial charge in [-0.1, -0.05) is 0 Å². The van der Waals surface area contributed by atoms with Crippen molar-refractivity contribution in [3.8, 4) is 5.88 Å². The van der Waals surface area contributed by atoms with Gasteiger partial charge >= 0.3 is 0 Å². The Bertz CT molecular complexity index is 534. The third-order valence-corrected chi connectivity index (χ3v) is 6.01. The van der Waals surface area contributed by atoms with Gasteiger partial charge < -0.3 is 4.74 Å². The second-order valence-electron chi connectivity index (χ2n) is 6.99. The van der Waals surface area contributed by atoms with Crippen LogP contribution in [-0.2, 0) is 0 Å². The lowest BCUT2D eigenvalue weighted by atomic mass is 9.49. The number of ether oxygens (including phenoxy) is 1. The summed E-state index contributed by atoms with van der Waals surface area (Å²) in [5.41, 5.74) is 1.12. The van der Waals surface area contributed by atoms with E-state index in [0.717, 1.165) is 35.1 Å². The summed E-state index contributed by atoms with van der Waals surface area (Å²) in [4.78, 5) is 4.45. The van der Waals surface area contributed by atoms with Gasteiger partial charge in [0.25, 0.3) is 0 Å². The molecule has 2 heterocycles. The fourth-order valence-electron chi connectivity index (χ4n) is 5.40. The number of pyridine rings is 1. The summed E-state index contributed by atoms with van der Waals surface area (Å²) in [6, 6.07) is 4.09. The largest absolute Gasteiger partial charge is 0.466 e. The fourth-order valence-corrected chi connectivity index (χ4v) is 5.40. The summed E-state index contributed by atoms with van der Waals surface area (Å²) in [6.07, 6.45) is 13.5.